The van der Waals surface area contributed by atoms with Crippen molar-refractivity contribution in [1.29, 1.82) is 0 Å². The number of aromatic nitrogens is 1. The van der Waals surface area contributed by atoms with Crippen LogP contribution >= 0.6 is 0 Å². The number of nitrogens with two attached hydrogens (primary N) is 1. The molecule has 2 fully saturated rings. The van der Waals surface area contributed by atoms with Crippen molar-refractivity contribution >= 4 is 5.82 Å². The molecule has 23 heavy (non-hydrogen) atoms. The van der Waals surface area contributed by atoms with Gasteiger partial charge in [0.15, 0.2) is 0 Å². The summed E-state index contributed by atoms with van der Waals surface area (Å²) in [6, 6.07) is 0.393. The third-order valence-electron chi connectivity index (χ3n) is 4.68. The van der Waals surface area contributed by atoms with Crippen molar-refractivity contribution in [3.8, 4) is 0 Å². The molecule has 1 saturated carbocycles. The van der Waals surface area contributed by atoms with Gasteiger partial charge in [0.05, 0.1) is 5.56 Å². The largest absolute Gasteiger partial charge is 0.433 e. The van der Waals surface area contributed by atoms with Gasteiger partial charge in [0.1, 0.15) is 11.5 Å². The monoisotopic (exact) mass is 339 g/mol. The molecule has 2 bridgehead atoms. The zero-order valence-corrected chi connectivity index (χ0v) is 12.0. The number of hydrogen-bond donors (Lipinski definition) is 1. The summed E-state index contributed by atoms with van der Waals surface area (Å²) in [7, 11) is 0. The van der Waals surface area contributed by atoms with Crippen LogP contribution in [0.3, 0.4) is 0 Å². The lowest BCUT2D eigenvalue weighted by Gasteiger charge is -2.36. The van der Waals surface area contributed by atoms with Gasteiger partial charge < -0.3 is 10.6 Å². The van der Waals surface area contributed by atoms with Crippen molar-refractivity contribution in [2.45, 2.75) is 43.7 Å². The summed E-state index contributed by atoms with van der Waals surface area (Å²) in [5.41, 5.74) is 2.82. The number of fused-ring (bicyclic) bond motifs is 2. The van der Waals surface area contributed by atoms with E-state index in [4.69, 9.17) is 5.73 Å². The lowest BCUT2D eigenvalue weighted by atomic mass is 9.98. The molecule has 0 amide bonds. The van der Waals surface area contributed by atoms with Gasteiger partial charge in [0.2, 0.25) is 0 Å². The Hall–Kier alpha value is -1.51. The van der Waals surface area contributed by atoms with Crippen molar-refractivity contribution in [2.24, 2.45) is 11.7 Å². The fourth-order valence-electron chi connectivity index (χ4n) is 3.71. The first-order chi connectivity index (χ1) is 10.6. The van der Waals surface area contributed by atoms with Crippen LogP contribution in [0.25, 0.3) is 0 Å². The number of pyridine rings is 1. The molecule has 1 aromatic rings. The SMILES string of the molecule is NC[C@@H]1[C@H]2CC[C@H](C2)N1c1cc(C(F)(F)F)cc(C(F)(F)F)n1. The normalized spacial score (nSPS) is 27.8. The summed E-state index contributed by atoms with van der Waals surface area (Å²) in [5.74, 6) is -0.0783. The number of halogens is 6. The van der Waals surface area contributed by atoms with E-state index >= 15 is 0 Å². The summed E-state index contributed by atoms with van der Waals surface area (Å²) in [4.78, 5) is 5.02. The average molecular weight is 339 g/mol. The highest BCUT2D eigenvalue weighted by molar-refractivity contribution is 5.49. The molecule has 0 radical (unpaired) electrons. The Morgan fingerprint density at radius 2 is 1.78 bits per heavy atom. The van der Waals surface area contributed by atoms with Crippen molar-refractivity contribution in [3.63, 3.8) is 0 Å². The Morgan fingerprint density at radius 1 is 1.09 bits per heavy atom. The van der Waals surface area contributed by atoms with Gasteiger partial charge in [0.25, 0.3) is 0 Å². The molecule has 3 rings (SSSR count). The second-order valence-corrected chi connectivity index (χ2v) is 6.03. The predicted octanol–water partition coefficient (Wildman–Crippen LogP) is 3.44. The maximum Gasteiger partial charge on any atom is 0.433 e. The van der Waals surface area contributed by atoms with Crippen molar-refractivity contribution in [1.82, 2.24) is 4.98 Å². The van der Waals surface area contributed by atoms with E-state index in [0.717, 1.165) is 19.3 Å². The van der Waals surface area contributed by atoms with E-state index in [9.17, 15) is 26.3 Å². The van der Waals surface area contributed by atoms with Crippen molar-refractivity contribution < 1.29 is 26.3 Å². The molecule has 2 heterocycles. The van der Waals surface area contributed by atoms with E-state index in [1.165, 1.54) is 0 Å². The molecule has 1 aliphatic carbocycles. The topological polar surface area (TPSA) is 42.1 Å². The number of alkyl halides is 6. The smallest absolute Gasteiger partial charge is 0.349 e. The molecule has 1 aliphatic heterocycles. The van der Waals surface area contributed by atoms with Gasteiger partial charge in [-0.2, -0.15) is 26.3 Å². The highest BCUT2D eigenvalue weighted by atomic mass is 19.4. The summed E-state index contributed by atoms with van der Waals surface area (Å²) >= 11 is 0. The minimum Gasteiger partial charge on any atom is -0.349 e. The van der Waals surface area contributed by atoms with E-state index < -0.39 is 23.6 Å². The van der Waals surface area contributed by atoms with Crippen LogP contribution in [-0.2, 0) is 12.4 Å². The second kappa shape index (κ2) is 5.25. The average Bonchev–Trinajstić information content (AvgIpc) is 3.05. The minimum atomic E-state index is -4.94. The lowest BCUT2D eigenvalue weighted by molar-refractivity contribution is -0.145. The maximum atomic E-state index is 13.0. The van der Waals surface area contributed by atoms with Crippen LogP contribution in [0.1, 0.15) is 30.5 Å². The predicted molar refractivity (Wildman–Crippen MR) is 70.7 cm³/mol. The summed E-state index contributed by atoms with van der Waals surface area (Å²) in [6.07, 6.45) is -7.43. The van der Waals surface area contributed by atoms with Crippen LogP contribution in [0.5, 0.6) is 0 Å². The molecule has 1 aromatic heterocycles. The first kappa shape index (κ1) is 16.4. The quantitative estimate of drug-likeness (QED) is 0.840. The number of nitrogens with zero attached hydrogens (tertiary/aromatic N) is 2. The van der Waals surface area contributed by atoms with E-state index in [1.807, 2.05) is 0 Å². The molecule has 0 spiro atoms. The maximum absolute atomic E-state index is 13.0. The second-order valence-electron chi connectivity index (χ2n) is 6.03. The molecule has 0 unspecified atom stereocenters. The Balaban J connectivity index is 2.08. The van der Waals surface area contributed by atoms with Gasteiger partial charge in [0, 0.05) is 18.6 Å². The van der Waals surface area contributed by atoms with Gasteiger partial charge >= 0.3 is 12.4 Å². The Labute approximate surface area is 128 Å². The van der Waals surface area contributed by atoms with Gasteiger partial charge in [-0.1, -0.05) is 0 Å². The van der Waals surface area contributed by atoms with Crippen molar-refractivity contribution in [2.75, 3.05) is 11.4 Å². The molecule has 2 aliphatic rings. The van der Waals surface area contributed by atoms with Gasteiger partial charge in [-0.15, -0.1) is 0 Å². The Kier molecular flexibility index (Phi) is 3.74. The van der Waals surface area contributed by atoms with Gasteiger partial charge in [-0.25, -0.2) is 4.98 Å². The molecule has 3 atom stereocenters. The van der Waals surface area contributed by atoms with Crippen LogP contribution in [0.4, 0.5) is 32.2 Å². The first-order valence-electron chi connectivity index (χ1n) is 7.26. The number of hydrogen-bond acceptors (Lipinski definition) is 3. The van der Waals surface area contributed by atoms with Crippen LogP contribution in [0, 0.1) is 5.92 Å². The number of anilines is 1. The third-order valence-corrected chi connectivity index (χ3v) is 4.68. The fraction of sp³-hybridized carbons (Fsp3) is 0.643. The molecular formula is C14H15F6N3. The molecule has 1 saturated heterocycles. The Morgan fingerprint density at radius 3 is 2.35 bits per heavy atom. The lowest BCUT2D eigenvalue weighted by Crippen LogP contribution is -2.46. The molecular weight excluding hydrogens is 324 g/mol. The first-order valence-corrected chi connectivity index (χ1v) is 7.26. The molecule has 128 valence electrons. The standard InChI is InChI=1S/C14H15F6N3/c15-13(16,17)8-4-11(14(18,19)20)22-12(5-8)23-9-2-1-7(3-9)10(23)6-21/h4-5,7,9-10H,1-3,6,21H2/t7-,9+,10+/m0/s1. The summed E-state index contributed by atoms with van der Waals surface area (Å²) in [5, 5.41) is 0. The van der Waals surface area contributed by atoms with Crippen molar-refractivity contribution in [3.05, 3.63) is 23.4 Å². The van der Waals surface area contributed by atoms with Gasteiger partial charge in [-0.3, -0.25) is 0 Å². The van der Waals surface area contributed by atoms with E-state index in [1.54, 1.807) is 4.90 Å². The highest BCUT2D eigenvalue weighted by Crippen LogP contribution is 2.45. The van der Waals surface area contributed by atoms with Crippen LogP contribution in [-0.4, -0.2) is 23.6 Å². The van der Waals surface area contributed by atoms with Crippen LogP contribution < -0.4 is 10.6 Å². The number of piperidine rings is 1. The number of rotatable bonds is 2. The third kappa shape index (κ3) is 2.86. The fourth-order valence-corrected chi connectivity index (χ4v) is 3.71. The molecule has 3 nitrogen and oxygen atoms in total. The van der Waals surface area contributed by atoms with Crippen LogP contribution in [0.2, 0.25) is 0 Å². The van der Waals surface area contributed by atoms with Gasteiger partial charge in [-0.05, 0) is 37.3 Å². The molecule has 9 heteroatoms. The molecule has 2 N–H and O–H groups in total. The van der Waals surface area contributed by atoms with E-state index in [-0.39, 0.29) is 36.4 Å². The van der Waals surface area contributed by atoms with Crippen LogP contribution in [0.15, 0.2) is 12.1 Å². The Bertz CT molecular complexity index is 565. The minimum absolute atomic E-state index is 0.0509. The van der Waals surface area contributed by atoms with E-state index in [0.29, 0.717) is 6.07 Å². The zero-order chi connectivity index (χ0) is 17.0. The molecule has 0 aromatic carbocycles. The summed E-state index contributed by atoms with van der Waals surface area (Å²) in [6.45, 7) is 0.181. The van der Waals surface area contributed by atoms with E-state index in [2.05, 4.69) is 4.98 Å². The highest BCUT2D eigenvalue weighted by Gasteiger charge is 2.47. The zero-order valence-electron chi connectivity index (χ0n) is 12.0. The summed E-state index contributed by atoms with van der Waals surface area (Å²) < 4.78 is 77.6.